The minimum atomic E-state index is -0.863. The van der Waals surface area contributed by atoms with Crippen LogP contribution in [-0.2, 0) is 4.79 Å². The van der Waals surface area contributed by atoms with Crippen LogP contribution < -0.4 is 16.4 Å². The minimum absolute atomic E-state index is 0.206. The van der Waals surface area contributed by atoms with Crippen LogP contribution in [-0.4, -0.2) is 47.5 Å². The summed E-state index contributed by atoms with van der Waals surface area (Å²) in [5.41, 5.74) is 0.575. The molecule has 1 aliphatic carbocycles. The lowest BCUT2D eigenvalue weighted by molar-refractivity contribution is -0.124. The number of fused-ring (bicyclic) bond motifs is 1. The summed E-state index contributed by atoms with van der Waals surface area (Å²) in [6.45, 7) is 3.48. The molecule has 0 unspecified atom stereocenters. The van der Waals surface area contributed by atoms with Gasteiger partial charge in [-0.3, -0.25) is 4.79 Å². The number of amides is 1. The molecule has 1 saturated carbocycles. The molecule has 33 heavy (non-hydrogen) atoms. The van der Waals surface area contributed by atoms with Crippen molar-refractivity contribution in [3.8, 4) is 6.07 Å². The molecule has 1 saturated heterocycles. The van der Waals surface area contributed by atoms with Gasteiger partial charge in [0.25, 0.3) is 0 Å². The highest BCUT2D eigenvalue weighted by molar-refractivity contribution is 5.91. The molecular formula is C25H33N5O3. The number of anilines is 1. The second-order valence-electron chi connectivity index (χ2n) is 9.75. The van der Waals surface area contributed by atoms with E-state index in [0.29, 0.717) is 42.0 Å². The van der Waals surface area contributed by atoms with Crippen molar-refractivity contribution in [1.82, 2.24) is 15.2 Å². The molecule has 2 aliphatic rings. The number of carbonyl (C=O) groups is 1. The molecule has 2 N–H and O–H groups in total. The fraction of sp³-hybridized carbons (Fsp3) is 0.600. The van der Waals surface area contributed by atoms with Gasteiger partial charge in [0, 0.05) is 13.1 Å². The van der Waals surface area contributed by atoms with Crippen LogP contribution in [0.4, 0.5) is 5.82 Å². The van der Waals surface area contributed by atoms with E-state index in [1.807, 2.05) is 26.1 Å². The van der Waals surface area contributed by atoms with E-state index in [4.69, 9.17) is 4.42 Å². The number of hydrogen-bond donors (Lipinski definition) is 2. The van der Waals surface area contributed by atoms with Gasteiger partial charge in [0.05, 0.1) is 11.5 Å². The third-order valence-corrected chi connectivity index (χ3v) is 7.13. The van der Waals surface area contributed by atoms with Crippen LogP contribution in [0.25, 0.3) is 11.0 Å². The molecule has 0 spiro atoms. The maximum absolute atomic E-state index is 13.6. The number of nitrogens with zero attached hydrogens (tertiary/aromatic N) is 3. The second-order valence-corrected chi connectivity index (χ2v) is 9.75. The highest BCUT2D eigenvalue weighted by atomic mass is 16.4. The summed E-state index contributed by atoms with van der Waals surface area (Å²) >= 11 is 0. The molecule has 1 amide bonds. The van der Waals surface area contributed by atoms with Gasteiger partial charge in [0.1, 0.15) is 23.0 Å². The van der Waals surface area contributed by atoms with Gasteiger partial charge in [0.2, 0.25) is 5.91 Å². The molecule has 2 heterocycles. The first-order chi connectivity index (χ1) is 15.9. The highest BCUT2D eigenvalue weighted by Crippen LogP contribution is 2.30. The van der Waals surface area contributed by atoms with Crippen LogP contribution in [0, 0.1) is 24.2 Å². The number of likely N-dealkylation sites (tertiary alicyclic amines) is 1. The highest BCUT2D eigenvalue weighted by Gasteiger charge is 2.37. The molecular weight excluding hydrogens is 418 g/mol. The average molecular weight is 452 g/mol. The number of nitriles is 1. The minimum Gasteiger partial charge on any atom is -0.408 e. The van der Waals surface area contributed by atoms with Gasteiger partial charge in [-0.25, -0.2) is 4.79 Å². The molecule has 8 heteroatoms. The fourth-order valence-electron chi connectivity index (χ4n) is 5.04. The van der Waals surface area contributed by atoms with Crippen molar-refractivity contribution in [2.45, 2.75) is 69.9 Å². The van der Waals surface area contributed by atoms with E-state index in [1.165, 1.54) is 19.3 Å². The lowest BCUT2D eigenvalue weighted by Crippen LogP contribution is -2.57. The zero-order valence-electron chi connectivity index (χ0n) is 19.5. The second kappa shape index (κ2) is 9.92. The monoisotopic (exact) mass is 451 g/mol. The summed E-state index contributed by atoms with van der Waals surface area (Å²) in [7, 11) is 2.02. The summed E-state index contributed by atoms with van der Waals surface area (Å²) < 4.78 is 5.26. The third kappa shape index (κ3) is 5.53. The number of nitrogens with one attached hydrogen (secondary N) is 2. The third-order valence-electron chi connectivity index (χ3n) is 7.13. The lowest BCUT2D eigenvalue weighted by atomic mass is 9.84. The Morgan fingerprint density at radius 3 is 2.73 bits per heavy atom. The van der Waals surface area contributed by atoms with Crippen LogP contribution >= 0.6 is 0 Å². The van der Waals surface area contributed by atoms with E-state index in [9.17, 15) is 14.9 Å². The van der Waals surface area contributed by atoms with Crippen LogP contribution in [0.1, 0.15) is 56.9 Å². The van der Waals surface area contributed by atoms with Crippen molar-refractivity contribution in [3.05, 3.63) is 34.3 Å². The standard InChI is InChI=1S/C25H33N5O3/c1-17-8-9-21-19(14-17)22(28-24(32)33-21)27-20(15-18-6-4-3-5-7-18)23(31)29-25(16-26)10-12-30(2)13-11-25/h8-9,14,18,20H,3-7,10-13,15H2,1-2H3,(H,29,31)(H,27,28,32)/t20-/m0/s1. The van der Waals surface area contributed by atoms with Crippen molar-refractivity contribution in [3.63, 3.8) is 0 Å². The summed E-state index contributed by atoms with van der Waals surface area (Å²) in [5.74, 6) is -0.127. The van der Waals surface area contributed by atoms with Crippen LogP contribution in [0.5, 0.6) is 0 Å². The molecule has 1 aliphatic heterocycles. The van der Waals surface area contributed by atoms with E-state index in [-0.39, 0.29) is 5.91 Å². The first-order valence-electron chi connectivity index (χ1n) is 12.0. The molecule has 1 atom stereocenters. The van der Waals surface area contributed by atoms with Gasteiger partial charge in [-0.05, 0) is 51.3 Å². The Kier molecular flexibility index (Phi) is 6.99. The number of rotatable bonds is 6. The van der Waals surface area contributed by atoms with Crippen molar-refractivity contribution in [2.24, 2.45) is 5.92 Å². The van der Waals surface area contributed by atoms with Crippen LogP contribution in [0.3, 0.4) is 0 Å². The zero-order valence-corrected chi connectivity index (χ0v) is 19.5. The largest absolute Gasteiger partial charge is 0.441 e. The van der Waals surface area contributed by atoms with Crippen molar-refractivity contribution in [2.75, 3.05) is 25.5 Å². The van der Waals surface area contributed by atoms with Crippen molar-refractivity contribution >= 4 is 22.7 Å². The van der Waals surface area contributed by atoms with E-state index < -0.39 is 17.3 Å². The van der Waals surface area contributed by atoms with E-state index in [1.54, 1.807) is 6.07 Å². The first kappa shape index (κ1) is 23.2. The van der Waals surface area contributed by atoms with Crippen molar-refractivity contribution < 1.29 is 9.21 Å². The summed E-state index contributed by atoms with van der Waals surface area (Å²) in [5, 5.41) is 16.9. The van der Waals surface area contributed by atoms with E-state index >= 15 is 0 Å². The van der Waals surface area contributed by atoms with Gasteiger partial charge >= 0.3 is 5.76 Å². The Bertz CT molecular complexity index is 1090. The van der Waals surface area contributed by atoms with Crippen LogP contribution in [0.2, 0.25) is 0 Å². The molecule has 1 aromatic heterocycles. The quantitative estimate of drug-likeness (QED) is 0.693. The number of aryl methyl sites for hydroxylation is 1. The Balaban J connectivity index is 1.62. The molecule has 176 valence electrons. The Morgan fingerprint density at radius 1 is 1.30 bits per heavy atom. The smallest absolute Gasteiger partial charge is 0.408 e. The summed E-state index contributed by atoms with van der Waals surface area (Å²) in [6.07, 6.45) is 7.58. The number of aromatic nitrogens is 1. The fourth-order valence-corrected chi connectivity index (χ4v) is 5.04. The van der Waals surface area contributed by atoms with Gasteiger partial charge in [-0.2, -0.15) is 10.2 Å². The average Bonchev–Trinajstić information content (AvgIpc) is 2.81. The van der Waals surface area contributed by atoms with E-state index in [2.05, 4.69) is 26.6 Å². The SMILES string of the molecule is Cc1ccc2oc(=O)nc(N[C@@H](CC3CCCCC3)C(=O)NC3(C#N)CCN(C)CC3)c2c1. The number of benzene rings is 1. The maximum Gasteiger partial charge on any atom is 0.441 e. The zero-order chi connectivity index (χ0) is 23.4. The van der Waals surface area contributed by atoms with Crippen LogP contribution in [0.15, 0.2) is 27.4 Å². The van der Waals surface area contributed by atoms with Gasteiger partial charge in [-0.1, -0.05) is 43.7 Å². The normalized spacial score (nSPS) is 20.2. The van der Waals surface area contributed by atoms with Gasteiger partial charge in [-0.15, -0.1) is 0 Å². The maximum atomic E-state index is 13.6. The predicted octanol–water partition coefficient (Wildman–Crippen LogP) is 3.35. The lowest BCUT2D eigenvalue weighted by Gasteiger charge is -2.37. The molecule has 1 aromatic carbocycles. The molecule has 4 rings (SSSR count). The molecule has 2 aromatic rings. The molecule has 2 fully saturated rings. The van der Waals surface area contributed by atoms with Gasteiger partial charge in [0.15, 0.2) is 0 Å². The summed E-state index contributed by atoms with van der Waals surface area (Å²) in [4.78, 5) is 31.9. The Labute approximate surface area is 194 Å². The Hall–Kier alpha value is -2.92. The van der Waals surface area contributed by atoms with Crippen molar-refractivity contribution in [1.29, 1.82) is 5.26 Å². The molecule has 0 radical (unpaired) electrons. The topological polar surface area (TPSA) is 111 Å². The number of hydrogen-bond acceptors (Lipinski definition) is 7. The predicted molar refractivity (Wildman–Crippen MR) is 127 cm³/mol. The molecule has 0 bridgehead atoms. The van der Waals surface area contributed by atoms with E-state index in [0.717, 1.165) is 31.5 Å². The summed E-state index contributed by atoms with van der Waals surface area (Å²) in [6, 6.07) is 7.30. The number of carbonyl (C=O) groups excluding carboxylic acids is 1. The number of piperidine rings is 1. The molecule has 8 nitrogen and oxygen atoms in total. The van der Waals surface area contributed by atoms with Gasteiger partial charge < -0.3 is 20.0 Å². The Morgan fingerprint density at radius 2 is 2.03 bits per heavy atom. The first-order valence-corrected chi connectivity index (χ1v) is 12.0.